The third-order valence-corrected chi connectivity index (χ3v) is 2.48. The summed E-state index contributed by atoms with van der Waals surface area (Å²) < 4.78 is 0. The molecule has 0 aromatic rings. The van der Waals surface area contributed by atoms with Gasteiger partial charge >= 0.3 is 0 Å². The van der Waals surface area contributed by atoms with Crippen LogP contribution in [0.15, 0.2) is 0 Å². The molecule has 0 radical (unpaired) electrons. The monoisotopic (exact) mass is 205 g/mol. The van der Waals surface area contributed by atoms with E-state index < -0.39 is 0 Å². The number of rotatable bonds is 2. The van der Waals surface area contributed by atoms with Gasteiger partial charge in [0.15, 0.2) is 0 Å². The summed E-state index contributed by atoms with van der Waals surface area (Å²) in [5.74, 6) is 0.683. The zero-order valence-electron chi connectivity index (χ0n) is 5.90. The van der Waals surface area contributed by atoms with E-state index in [0.29, 0.717) is 17.0 Å². The fourth-order valence-electron chi connectivity index (χ4n) is 1.25. The molecule has 1 rings (SSSR count). The number of carbonyl (C=O) groups is 1. The number of halogens is 1. The molecule has 0 unspecified atom stereocenters. The molecule has 1 aliphatic heterocycles. The fourth-order valence-corrected chi connectivity index (χ4v) is 1.71. The molecule has 3 heteroatoms. The second kappa shape index (κ2) is 4.09. The van der Waals surface area contributed by atoms with Gasteiger partial charge in [-0.15, -0.1) is 0 Å². The van der Waals surface area contributed by atoms with E-state index in [4.69, 9.17) is 0 Å². The minimum atomic E-state index is 0.320. The summed E-state index contributed by atoms with van der Waals surface area (Å²) in [6.07, 6.45) is 2.04. The van der Waals surface area contributed by atoms with Crippen molar-refractivity contribution in [3.8, 4) is 0 Å². The lowest BCUT2D eigenvalue weighted by Crippen LogP contribution is -2.32. The maximum absolute atomic E-state index is 11.1. The molecule has 1 aliphatic rings. The summed E-state index contributed by atoms with van der Waals surface area (Å²) in [5, 5.41) is 3.75. The van der Waals surface area contributed by atoms with Gasteiger partial charge in [-0.05, 0) is 25.9 Å². The van der Waals surface area contributed by atoms with Crippen molar-refractivity contribution in [3.63, 3.8) is 0 Å². The molecular formula is C7H12BrNO. The molecule has 1 fully saturated rings. The van der Waals surface area contributed by atoms with E-state index in [-0.39, 0.29) is 0 Å². The number of piperidine rings is 1. The molecule has 1 saturated heterocycles. The first-order chi connectivity index (χ1) is 4.84. The van der Waals surface area contributed by atoms with E-state index in [1.807, 2.05) is 0 Å². The van der Waals surface area contributed by atoms with Crippen LogP contribution in [0.2, 0.25) is 0 Å². The Morgan fingerprint density at radius 2 is 2.10 bits per heavy atom. The van der Waals surface area contributed by atoms with Crippen LogP contribution in [0.1, 0.15) is 12.8 Å². The first-order valence-electron chi connectivity index (χ1n) is 3.64. The Hall–Kier alpha value is 0.110. The molecular weight excluding hydrogens is 194 g/mol. The highest BCUT2D eigenvalue weighted by molar-refractivity contribution is 9.09. The highest BCUT2D eigenvalue weighted by Gasteiger charge is 2.18. The second-order valence-corrected chi connectivity index (χ2v) is 3.18. The van der Waals surface area contributed by atoms with Crippen LogP contribution >= 0.6 is 15.9 Å². The highest BCUT2D eigenvalue weighted by Crippen LogP contribution is 2.13. The third kappa shape index (κ3) is 2.06. The molecule has 2 nitrogen and oxygen atoms in total. The molecule has 0 aromatic heterocycles. The topological polar surface area (TPSA) is 29.1 Å². The second-order valence-electron chi connectivity index (χ2n) is 2.62. The van der Waals surface area contributed by atoms with Crippen molar-refractivity contribution < 1.29 is 4.79 Å². The van der Waals surface area contributed by atoms with Crippen molar-refractivity contribution >= 4 is 21.7 Å². The van der Waals surface area contributed by atoms with Crippen molar-refractivity contribution in [1.82, 2.24) is 5.32 Å². The molecule has 0 spiro atoms. The van der Waals surface area contributed by atoms with Crippen molar-refractivity contribution in [2.45, 2.75) is 12.8 Å². The molecule has 0 aromatic carbocycles. The van der Waals surface area contributed by atoms with E-state index in [9.17, 15) is 4.79 Å². The maximum Gasteiger partial charge on any atom is 0.146 e. The summed E-state index contributed by atoms with van der Waals surface area (Å²) in [7, 11) is 0. The van der Waals surface area contributed by atoms with E-state index in [0.717, 1.165) is 25.9 Å². The molecule has 0 atom stereocenters. The smallest absolute Gasteiger partial charge is 0.146 e. The van der Waals surface area contributed by atoms with E-state index >= 15 is 0 Å². The van der Waals surface area contributed by atoms with Gasteiger partial charge in [0.2, 0.25) is 0 Å². The number of hydrogen-bond donors (Lipinski definition) is 1. The zero-order chi connectivity index (χ0) is 7.40. The van der Waals surface area contributed by atoms with Gasteiger partial charge in [-0.2, -0.15) is 0 Å². The van der Waals surface area contributed by atoms with Gasteiger partial charge < -0.3 is 5.32 Å². The van der Waals surface area contributed by atoms with Crippen molar-refractivity contribution in [1.29, 1.82) is 0 Å². The average Bonchev–Trinajstić information content (AvgIpc) is 2.05. The Morgan fingerprint density at radius 1 is 1.50 bits per heavy atom. The Morgan fingerprint density at radius 3 is 2.60 bits per heavy atom. The quantitative estimate of drug-likeness (QED) is 0.681. The summed E-state index contributed by atoms with van der Waals surface area (Å²) in [4.78, 5) is 11.1. The van der Waals surface area contributed by atoms with Crippen LogP contribution < -0.4 is 5.32 Å². The summed E-state index contributed by atoms with van der Waals surface area (Å²) in [6, 6.07) is 0. The lowest BCUT2D eigenvalue weighted by atomic mass is 9.95. The van der Waals surface area contributed by atoms with Gasteiger partial charge in [0.1, 0.15) is 5.78 Å². The van der Waals surface area contributed by atoms with E-state index in [2.05, 4.69) is 21.2 Å². The number of hydrogen-bond acceptors (Lipinski definition) is 2. The van der Waals surface area contributed by atoms with Crippen LogP contribution in [0.5, 0.6) is 0 Å². The maximum atomic E-state index is 11.1. The molecule has 0 amide bonds. The van der Waals surface area contributed by atoms with Gasteiger partial charge in [0.05, 0.1) is 5.33 Å². The van der Waals surface area contributed by atoms with Crippen LogP contribution in [0.25, 0.3) is 0 Å². The van der Waals surface area contributed by atoms with Gasteiger partial charge in [-0.3, -0.25) is 4.79 Å². The summed E-state index contributed by atoms with van der Waals surface area (Å²) in [6.45, 7) is 2.01. The van der Waals surface area contributed by atoms with Crippen LogP contribution in [0.3, 0.4) is 0 Å². The lowest BCUT2D eigenvalue weighted by Gasteiger charge is -2.20. The van der Waals surface area contributed by atoms with Crippen LogP contribution in [-0.4, -0.2) is 24.2 Å². The Bertz CT molecular complexity index is 121. The predicted octanol–water partition coefficient (Wildman–Crippen LogP) is 0.950. The largest absolute Gasteiger partial charge is 0.317 e. The lowest BCUT2D eigenvalue weighted by molar-refractivity contribution is -0.120. The van der Waals surface area contributed by atoms with Crippen molar-refractivity contribution in [2.75, 3.05) is 18.4 Å². The Labute approximate surface area is 69.5 Å². The zero-order valence-corrected chi connectivity index (χ0v) is 7.49. The number of ketones is 1. The highest BCUT2D eigenvalue weighted by atomic mass is 79.9. The summed E-state index contributed by atoms with van der Waals surface area (Å²) in [5.41, 5.74) is 0. The summed E-state index contributed by atoms with van der Waals surface area (Å²) >= 11 is 3.18. The number of carbonyl (C=O) groups excluding carboxylic acids is 1. The molecule has 0 saturated carbocycles. The fraction of sp³-hybridized carbons (Fsp3) is 0.857. The minimum Gasteiger partial charge on any atom is -0.317 e. The molecule has 58 valence electrons. The van der Waals surface area contributed by atoms with Gasteiger partial charge in [-0.25, -0.2) is 0 Å². The first-order valence-corrected chi connectivity index (χ1v) is 4.76. The van der Waals surface area contributed by atoms with Crippen molar-refractivity contribution in [2.24, 2.45) is 5.92 Å². The van der Waals surface area contributed by atoms with Crippen LogP contribution in [0.4, 0.5) is 0 Å². The van der Waals surface area contributed by atoms with Crippen LogP contribution in [0, 0.1) is 5.92 Å². The molecule has 1 heterocycles. The molecule has 1 N–H and O–H groups in total. The normalized spacial score (nSPS) is 20.9. The first kappa shape index (κ1) is 8.21. The average molecular weight is 206 g/mol. The van der Waals surface area contributed by atoms with Crippen LogP contribution in [-0.2, 0) is 4.79 Å². The van der Waals surface area contributed by atoms with Crippen molar-refractivity contribution in [3.05, 3.63) is 0 Å². The van der Waals surface area contributed by atoms with Gasteiger partial charge in [0.25, 0.3) is 0 Å². The van der Waals surface area contributed by atoms with Gasteiger partial charge in [-0.1, -0.05) is 15.9 Å². The van der Waals surface area contributed by atoms with Gasteiger partial charge in [0, 0.05) is 5.92 Å². The minimum absolute atomic E-state index is 0.320. The third-order valence-electron chi connectivity index (χ3n) is 1.93. The Balaban J connectivity index is 2.31. The Kier molecular flexibility index (Phi) is 3.35. The van der Waals surface area contributed by atoms with E-state index in [1.165, 1.54) is 0 Å². The molecule has 10 heavy (non-hydrogen) atoms. The molecule has 0 bridgehead atoms. The van der Waals surface area contributed by atoms with E-state index in [1.54, 1.807) is 0 Å². The number of nitrogens with one attached hydrogen (secondary N) is 1. The standard InChI is InChI=1S/C7H12BrNO/c8-5-7(10)6-1-3-9-4-2-6/h6,9H,1-5H2. The molecule has 0 aliphatic carbocycles. The predicted molar refractivity (Wildman–Crippen MR) is 44.4 cm³/mol. The number of alkyl halides is 1. The SMILES string of the molecule is O=C(CBr)C1CCNCC1. The number of Topliss-reactive ketones (excluding diaryl/α,β-unsaturated/α-hetero) is 1.